The Morgan fingerprint density at radius 3 is 2.44 bits per heavy atom. The van der Waals surface area contributed by atoms with Gasteiger partial charge in [-0.15, -0.1) is 5.10 Å². The van der Waals surface area contributed by atoms with Gasteiger partial charge in [0.2, 0.25) is 0 Å². The van der Waals surface area contributed by atoms with Crippen molar-refractivity contribution in [1.82, 2.24) is 24.5 Å². The molecule has 1 aromatic carbocycles. The van der Waals surface area contributed by atoms with Crippen molar-refractivity contribution in [3.05, 3.63) is 58.3 Å². The Kier molecular flexibility index (Phi) is 4.53. The van der Waals surface area contributed by atoms with E-state index in [1.807, 2.05) is 35.1 Å². The van der Waals surface area contributed by atoms with Crippen LogP contribution in [0, 0.1) is 17.8 Å². The van der Waals surface area contributed by atoms with E-state index in [-0.39, 0.29) is 16.5 Å². The van der Waals surface area contributed by atoms with Crippen molar-refractivity contribution in [1.29, 1.82) is 0 Å². The maximum absolute atomic E-state index is 12.8. The Balaban J connectivity index is 1.13. The molecule has 0 saturated heterocycles. The minimum absolute atomic E-state index is 0.0655. The third-order valence-corrected chi connectivity index (χ3v) is 9.27. The lowest BCUT2D eigenvalue weighted by Crippen LogP contribution is -2.49. The van der Waals surface area contributed by atoms with Gasteiger partial charge < -0.3 is 5.32 Å². The first-order valence-electron chi connectivity index (χ1n) is 12.1. The number of anilines is 1. The molecule has 5 aliphatic rings. The molecule has 1 N–H and O–H groups in total. The van der Waals surface area contributed by atoms with Gasteiger partial charge in [-0.2, -0.15) is 0 Å². The lowest BCUT2D eigenvalue weighted by Gasteiger charge is -2.56. The Labute approximate surface area is 201 Å². The van der Waals surface area contributed by atoms with Gasteiger partial charge >= 0.3 is 0 Å². The largest absolute Gasteiger partial charge is 0.322 e. The molecule has 8 rings (SSSR count). The van der Waals surface area contributed by atoms with Crippen molar-refractivity contribution >= 4 is 23.4 Å². The average molecular weight is 475 g/mol. The van der Waals surface area contributed by atoms with Crippen LogP contribution in [0.5, 0.6) is 0 Å². The minimum atomic E-state index is -0.438. The summed E-state index contributed by atoms with van der Waals surface area (Å²) < 4.78 is 3.56. The summed E-state index contributed by atoms with van der Waals surface area (Å²) in [6, 6.07) is 7.62. The van der Waals surface area contributed by atoms with Gasteiger partial charge in [0.1, 0.15) is 5.56 Å². The molecular formula is C25H26N6O2S. The number of carbonyl (C=O) groups is 1. The highest BCUT2D eigenvalue weighted by molar-refractivity contribution is 7.99. The molecule has 0 atom stereocenters. The molecule has 4 saturated carbocycles. The van der Waals surface area contributed by atoms with Crippen LogP contribution in [-0.4, -0.2) is 36.2 Å². The number of carbonyl (C=O) groups excluding carboxylic acids is 1. The topological polar surface area (TPSA) is 94.7 Å². The number of fused-ring (bicyclic) bond motifs is 1. The fourth-order valence-corrected chi connectivity index (χ4v) is 8.18. The van der Waals surface area contributed by atoms with Crippen molar-refractivity contribution in [2.24, 2.45) is 17.8 Å². The molecule has 4 bridgehead atoms. The van der Waals surface area contributed by atoms with Gasteiger partial charge in [-0.25, -0.2) is 9.67 Å². The molecule has 2 aromatic heterocycles. The zero-order valence-electron chi connectivity index (χ0n) is 18.8. The number of benzene rings is 1. The van der Waals surface area contributed by atoms with Crippen LogP contribution in [0.1, 0.15) is 54.6 Å². The first-order valence-corrected chi connectivity index (χ1v) is 13.1. The number of hydrogen-bond acceptors (Lipinski definition) is 6. The predicted molar refractivity (Wildman–Crippen MR) is 128 cm³/mol. The zero-order valence-corrected chi connectivity index (χ0v) is 19.6. The van der Waals surface area contributed by atoms with E-state index in [0.29, 0.717) is 17.4 Å². The highest BCUT2D eigenvalue weighted by Crippen LogP contribution is 2.60. The molecular weight excluding hydrogens is 448 g/mol. The van der Waals surface area contributed by atoms with Crippen LogP contribution in [0.15, 0.2) is 46.6 Å². The van der Waals surface area contributed by atoms with Crippen LogP contribution in [0.2, 0.25) is 0 Å². The van der Waals surface area contributed by atoms with E-state index >= 15 is 0 Å². The second-order valence-electron chi connectivity index (χ2n) is 10.5. The standard InChI is InChI=1S/C25H26N6O2S/c32-22(20-13-26-24-30(23(20)33)5-6-34-24)28-18-1-3-19(4-2-18)31-21(14-27-29-31)25-10-15-7-16(11-25)9-17(8-15)12-25/h1-4,13-17H,5-12H2,(H,28,32). The molecule has 174 valence electrons. The lowest BCUT2D eigenvalue weighted by atomic mass is 9.49. The first-order chi connectivity index (χ1) is 16.6. The summed E-state index contributed by atoms with van der Waals surface area (Å²) in [4.78, 5) is 29.7. The van der Waals surface area contributed by atoms with Crippen molar-refractivity contribution in [2.75, 3.05) is 11.1 Å². The molecule has 3 heterocycles. The van der Waals surface area contributed by atoms with Gasteiger partial charge in [0, 0.05) is 29.6 Å². The SMILES string of the molecule is O=C(Nc1ccc(-n2nncc2C23CC4CC(CC(C4)C2)C3)cc1)c1cnc2n(c1=O)CCS2. The Morgan fingerprint density at radius 2 is 1.74 bits per heavy atom. The molecule has 0 unspecified atom stereocenters. The smallest absolute Gasteiger partial charge is 0.267 e. The molecule has 1 aliphatic heterocycles. The van der Waals surface area contributed by atoms with E-state index in [1.54, 1.807) is 4.57 Å². The zero-order chi connectivity index (χ0) is 22.9. The number of nitrogens with one attached hydrogen (secondary N) is 1. The Hall–Kier alpha value is -2.94. The number of hydrogen-bond donors (Lipinski definition) is 1. The number of rotatable bonds is 4. The van der Waals surface area contributed by atoms with Gasteiger partial charge in [0.25, 0.3) is 11.5 Å². The summed E-state index contributed by atoms with van der Waals surface area (Å²) in [6.45, 7) is 0.589. The second kappa shape index (κ2) is 7.53. The number of amides is 1. The maximum Gasteiger partial charge on any atom is 0.267 e. The third-order valence-electron chi connectivity index (χ3n) is 8.30. The van der Waals surface area contributed by atoms with Crippen molar-refractivity contribution < 1.29 is 4.79 Å². The molecule has 0 spiro atoms. The first kappa shape index (κ1) is 20.4. The summed E-state index contributed by atoms with van der Waals surface area (Å²) in [6.07, 6.45) is 11.3. The maximum atomic E-state index is 12.8. The van der Waals surface area contributed by atoms with Crippen LogP contribution in [0.4, 0.5) is 5.69 Å². The van der Waals surface area contributed by atoms with Crippen LogP contribution < -0.4 is 10.9 Å². The minimum Gasteiger partial charge on any atom is -0.322 e. The van der Waals surface area contributed by atoms with Crippen LogP contribution >= 0.6 is 11.8 Å². The van der Waals surface area contributed by atoms with E-state index in [9.17, 15) is 9.59 Å². The second-order valence-corrected chi connectivity index (χ2v) is 11.6. The fraction of sp³-hybridized carbons (Fsp3) is 0.480. The molecule has 3 aromatic rings. The van der Waals surface area contributed by atoms with E-state index < -0.39 is 5.91 Å². The monoisotopic (exact) mass is 474 g/mol. The van der Waals surface area contributed by atoms with Crippen molar-refractivity contribution in [3.8, 4) is 5.69 Å². The van der Waals surface area contributed by atoms with Crippen LogP contribution in [-0.2, 0) is 12.0 Å². The van der Waals surface area contributed by atoms with Crippen molar-refractivity contribution in [3.63, 3.8) is 0 Å². The molecule has 34 heavy (non-hydrogen) atoms. The fourth-order valence-electron chi connectivity index (χ4n) is 7.27. The van der Waals surface area contributed by atoms with E-state index in [1.165, 1.54) is 62.2 Å². The molecule has 0 radical (unpaired) electrons. The summed E-state index contributed by atoms with van der Waals surface area (Å²) in [5, 5.41) is 12.3. The predicted octanol–water partition coefficient (Wildman–Crippen LogP) is 3.65. The average Bonchev–Trinajstić information content (AvgIpc) is 3.50. The van der Waals surface area contributed by atoms with E-state index in [4.69, 9.17) is 0 Å². The van der Waals surface area contributed by atoms with E-state index in [0.717, 1.165) is 29.2 Å². The molecule has 4 aliphatic carbocycles. The Morgan fingerprint density at radius 1 is 1.03 bits per heavy atom. The summed E-state index contributed by atoms with van der Waals surface area (Å²) in [7, 11) is 0. The summed E-state index contributed by atoms with van der Waals surface area (Å²) in [5.74, 6) is 2.92. The molecule has 8 nitrogen and oxygen atoms in total. The van der Waals surface area contributed by atoms with Crippen molar-refractivity contribution in [2.45, 2.75) is 55.6 Å². The lowest BCUT2D eigenvalue weighted by molar-refractivity contribution is -0.00828. The highest BCUT2D eigenvalue weighted by atomic mass is 32.2. The number of thioether (sulfide) groups is 1. The van der Waals surface area contributed by atoms with E-state index in [2.05, 4.69) is 20.6 Å². The molecule has 4 fully saturated rings. The van der Waals surface area contributed by atoms with Crippen LogP contribution in [0.3, 0.4) is 0 Å². The molecule has 1 amide bonds. The van der Waals surface area contributed by atoms with Gasteiger partial charge in [-0.1, -0.05) is 17.0 Å². The van der Waals surface area contributed by atoms with Gasteiger partial charge in [-0.05, 0) is 80.5 Å². The molecule has 9 heteroatoms. The highest BCUT2D eigenvalue weighted by Gasteiger charge is 2.53. The summed E-state index contributed by atoms with van der Waals surface area (Å²) >= 11 is 1.53. The number of nitrogens with zero attached hydrogens (tertiary/aromatic N) is 5. The van der Waals surface area contributed by atoms with Crippen LogP contribution in [0.25, 0.3) is 5.69 Å². The van der Waals surface area contributed by atoms with Gasteiger partial charge in [0.15, 0.2) is 5.16 Å². The Bertz CT molecular complexity index is 1310. The van der Waals surface area contributed by atoms with Gasteiger partial charge in [-0.3, -0.25) is 14.2 Å². The normalized spacial score (nSPS) is 28.8. The third kappa shape index (κ3) is 3.16. The summed E-state index contributed by atoms with van der Waals surface area (Å²) in [5.41, 5.74) is 2.79. The van der Waals surface area contributed by atoms with Gasteiger partial charge in [0.05, 0.1) is 17.6 Å². The quantitative estimate of drug-likeness (QED) is 0.580. The number of aromatic nitrogens is 5.